The molecule has 0 spiro atoms. The van der Waals surface area contributed by atoms with Gasteiger partial charge in [0.2, 0.25) is 0 Å². The van der Waals surface area contributed by atoms with E-state index in [1.807, 2.05) is 13.8 Å². The van der Waals surface area contributed by atoms with Crippen LogP contribution < -0.4 is 10.1 Å². The molecule has 0 saturated carbocycles. The average Bonchev–Trinajstić information content (AvgIpc) is 3.25. The van der Waals surface area contributed by atoms with Gasteiger partial charge in [-0.05, 0) is 53.9 Å². The van der Waals surface area contributed by atoms with Crippen LogP contribution in [0.4, 0.5) is 45.2 Å². The molecule has 1 heterocycles. The first-order valence-corrected chi connectivity index (χ1v) is 11.1. The molecular weight excluding hydrogens is 543 g/mol. The van der Waals surface area contributed by atoms with Crippen molar-refractivity contribution in [3.8, 4) is 11.5 Å². The van der Waals surface area contributed by atoms with E-state index in [0.717, 1.165) is 5.56 Å². The van der Waals surface area contributed by atoms with Crippen molar-refractivity contribution in [1.29, 1.82) is 0 Å². The molecule has 0 saturated heterocycles. The third-order valence-corrected chi connectivity index (χ3v) is 5.73. The van der Waals surface area contributed by atoms with Gasteiger partial charge in [-0.2, -0.15) is 26.3 Å². The van der Waals surface area contributed by atoms with Gasteiger partial charge in [-0.15, -0.1) is 0 Å². The first-order chi connectivity index (χ1) is 18.1. The number of benzene rings is 3. The molecule has 2 N–H and O–H groups in total. The zero-order chi connectivity index (χ0) is 28.9. The number of hydrogen-bond acceptors (Lipinski definition) is 2. The van der Waals surface area contributed by atoms with Crippen LogP contribution in [0, 0.1) is 17.5 Å². The molecule has 206 valence electrons. The fourth-order valence-electron chi connectivity index (χ4n) is 3.90. The lowest BCUT2D eigenvalue weighted by atomic mass is 10.0. The summed E-state index contributed by atoms with van der Waals surface area (Å²) in [5, 5.41) is 2.27. The highest BCUT2D eigenvalue weighted by Gasteiger charge is 2.43. The van der Waals surface area contributed by atoms with Crippen LogP contribution in [0.2, 0.25) is 0 Å². The summed E-state index contributed by atoms with van der Waals surface area (Å²) >= 11 is 0. The Morgan fingerprint density at radius 1 is 0.872 bits per heavy atom. The van der Waals surface area contributed by atoms with Crippen LogP contribution in [-0.2, 0) is 12.4 Å². The van der Waals surface area contributed by atoms with Crippen molar-refractivity contribution in [2.45, 2.75) is 32.1 Å². The Hall–Kier alpha value is -4.16. The molecule has 4 aromatic rings. The molecule has 0 fully saturated rings. The Balaban J connectivity index is 1.81. The zero-order valence-electron chi connectivity index (χ0n) is 19.9. The molecule has 1 amide bonds. The van der Waals surface area contributed by atoms with Gasteiger partial charge in [0, 0.05) is 28.4 Å². The van der Waals surface area contributed by atoms with E-state index in [2.05, 4.69) is 4.98 Å². The largest absolute Gasteiger partial charge is 0.456 e. The van der Waals surface area contributed by atoms with Crippen molar-refractivity contribution in [2.75, 3.05) is 5.32 Å². The Kier molecular flexibility index (Phi) is 7.04. The number of H-pyrrole nitrogens is 1. The number of nitrogens with one attached hydrogen (secondary N) is 2. The normalized spacial score (nSPS) is 12.3. The van der Waals surface area contributed by atoms with Crippen LogP contribution in [0.3, 0.4) is 0 Å². The lowest BCUT2D eigenvalue weighted by Gasteiger charge is -2.21. The van der Waals surface area contributed by atoms with Crippen LogP contribution >= 0.6 is 0 Å². The molecular formula is C26H17F9N2O2. The van der Waals surface area contributed by atoms with Crippen molar-refractivity contribution >= 4 is 22.5 Å². The van der Waals surface area contributed by atoms with Crippen molar-refractivity contribution in [3.63, 3.8) is 0 Å². The molecule has 0 aliphatic carbocycles. The molecule has 0 aliphatic heterocycles. The second kappa shape index (κ2) is 9.86. The summed E-state index contributed by atoms with van der Waals surface area (Å²) in [5.41, 5.74) is -4.28. The molecule has 3 aromatic carbocycles. The van der Waals surface area contributed by atoms with Gasteiger partial charge in [-0.25, -0.2) is 13.2 Å². The van der Waals surface area contributed by atoms with Gasteiger partial charge >= 0.3 is 12.4 Å². The first kappa shape index (κ1) is 27.9. The number of aromatic nitrogens is 1. The van der Waals surface area contributed by atoms with Crippen molar-refractivity contribution in [3.05, 3.63) is 88.4 Å². The van der Waals surface area contributed by atoms with E-state index >= 15 is 0 Å². The molecule has 0 aliphatic rings. The van der Waals surface area contributed by atoms with Gasteiger partial charge in [0.15, 0.2) is 23.2 Å². The standard InChI is InChI=1S/C26H17F9N2O2/c1-11(2)16-10-36-21-4-3-14(9-15(16)21)39-23-17(25(30,31)32)7-13(8-18(23)26(33,34)35)37-24(38)12-5-19(27)22(29)20(28)6-12/h3-11,36H,1-2H3,(H,37,38). The van der Waals surface area contributed by atoms with E-state index in [0.29, 0.717) is 10.9 Å². The number of carbonyl (C=O) groups excluding carboxylic acids is 1. The molecule has 0 atom stereocenters. The number of ether oxygens (including phenoxy) is 1. The minimum atomic E-state index is -5.38. The van der Waals surface area contributed by atoms with E-state index in [9.17, 15) is 44.3 Å². The number of anilines is 1. The third kappa shape index (κ3) is 5.66. The highest BCUT2D eigenvalue weighted by molar-refractivity contribution is 6.04. The predicted octanol–water partition coefficient (Wildman–Crippen LogP) is 8.79. The molecule has 4 nitrogen and oxygen atoms in total. The van der Waals surface area contributed by atoms with Crippen LogP contribution in [0.1, 0.15) is 46.8 Å². The summed E-state index contributed by atoms with van der Waals surface area (Å²) in [7, 11) is 0. The van der Waals surface area contributed by atoms with Gasteiger partial charge in [0.1, 0.15) is 16.9 Å². The minimum Gasteiger partial charge on any atom is -0.456 e. The molecule has 1 aromatic heterocycles. The molecule has 0 radical (unpaired) electrons. The lowest BCUT2D eigenvalue weighted by molar-refractivity contribution is -0.144. The lowest BCUT2D eigenvalue weighted by Crippen LogP contribution is -2.18. The van der Waals surface area contributed by atoms with Crippen LogP contribution in [0.5, 0.6) is 11.5 Å². The number of amides is 1. The maximum absolute atomic E-state index is 14.0. The predicted molar refractivity (Wildman–Crippen MR) is 123 cm³/mol. The van der Waals surface area contributed by atoms with Crippen LogP contribution in [-0.4, -0.2) is 10.9 Å². The first-order valence-electron chi connectivity index (χ1n) is 11.1. The summed E-state index contributed by atoms with van der Waals surface area (Å²) in [6.07, 6.45) is -9.10. The maximum Gasteiger partial charge on any atom is 0.420 e. The summed E-state index contributed by atoms with van der Waals surface area (Å²) in [6.45, 7) is 3.70. The SMILES string of the molecule is CC(C)c1c[nH]c2ccc(Oc3c(C(F)(F)F)cc(NC(=O)c4cc(F)c(F)c(F)c4)cc3C(F)(F)F)cc12. The number of rotatable bonds is 5. The fraction of sp³-hybridized carbons (Fsp3) is 0.192. The smallest absolute Gasteiger partial charge is 0.420 e. The summed E-state index contributed by atoms with van der Waals surface area (Å²) in [6, 6.07) is 4.78. The van der Waals surface area contributed by atoms with Gasteiger partial charge in [-0.1, -0.05) is 13.8 Å². The quantitative estimate of drug-likeness (QED) is 0.189. The van der Waals surface area contributed by atoms with Crippen molar-refractivity contribution < 1.29 is 49.0 Å². The molecule has 4 rings (SSSR count). The number of hydrogen-bond donors (Lipinski definition) is 2. The molecule has 39 heavy (non-hydrogen) atoms. The fourth-order valence-corrected chi connectivity index (χ4v) is 3.90. The Labute approximate surface area is 214 Å². The van der Waals surface area contributed by atoms with Crippen LogP contribution in [0.25, 0.3) is 10.9 Å². The van der Waals surface area contributed by atoms with Gasteiger partial charge in [0.05, 0.1) is 0 Å². The topological polar surface area (TPSA) is 54.1 Å². The monoisotopic (exact) mass is 560 g/mol. The Morgan fingerprint density at radius 3 is 1.95 bits per heavy atom. The number of aromatic amines is 1. The number of alkyl halides is 6. The highest BCUT2D eigenvalue weighted by Crippen LogP contribution is 2.48. The molecule has 0 unspecified atom stereocenters. The number of halogens is 9. The molecule has 0 bridgehead atoms. The molecule has 13 heteroatoms. The van der Waals surface area contributed by atoms with Crippen molar-refractivity contribution in [2.24, 2.45) is 0 Å². The maximum atomic E-state index is 14.0. The second-order valence-corrected chi connectivity index (χ2v) is 8.81. The van der Waals surface area contributed by atoms with E-state index in [1.54, 1.807) is 11.5 Å². The van der Waals surface area contributed by atoms with Crippen molar-refractivity contribution in [1.82, 2.24) is 4.98 Å². The Bertz CT molecular complexity index is 1510. The van der Waals surface area contributed by atoms with Gasteiger partial charge in [0.25, 0.3) is 5.91 Å². The van der Waals surface area contributed by atoms with E-state index in [1.165, 1.54) is 18.2 Å². The highest BCUT2D eigenvalue weighted by atomic mass is 19.4. The summed E-state index contributed by atoms with van der Waals surface area (Å²) in [5.74, 6) is -8.85. The van der Waals surface area contributed by atoms with Gasteiger partial charge < -0.3 is 15.0 Å². The zero-order valence-corrected chi connectivity index (χ0v) is 19.9. The summed E-state index contributed by atoms with van der Waals surface area (Å²) < 4.78 is 129. The Morgan fingerprint density at radius 2 is 1.44 bits per heavy atom. The van der Waals surface area contributed by atoms with E-state index in [4.69, 9.17) is 4.74 Å². The second-order valence-electron chi connectivity index (χ2n) is 8.81. The van der Waals surface area contributed by atoms with E-state index in [-0.39, 0.29) is 35.9 Å². The average molecular weight is 560 g/mol. The number of carbonyl (C=O) groups is 1. The minimum absolute atomic E-state index is 0.0172. The number of fused-ring (bicyclic) bond motifs is 1. The van der Waals surface area contributed by atoms with Gasteiger partial charge in [-0.3, -0.25) is 4.79 Å². The van der Waals surface area contributed by atoms with Crippen LogP contribution in [0.15, 0.2) is 48.7 Å². The third-order valence-electron chi connectivity index (χ3n) is 5.73. The van der Waals surface area contributed by atoms with E-state index < -0.39 is 63.8 Å². The summed E-state index contributed by atoms with van der Waals surface area (Å²) in [4.78, 5) is 15.3.